The number of nitrogens with zero attached hydrogens (tertiary/aromatic N) is 3. The van der Waals surface area contributed by atoms with Crippen LogP contribution < -0.4 is 0 Å². The summed E-state index contributed by atoms with van der Waals surface area (Å²) in [6.07, 6.45) is 12.1. The van der Waals surface area contributed by atoms with Gasteiger partial charge >= 0.3 is 0 Å². The Labute approximate surface area is 170 Å². The number of rotatable bonds is 6. The second-order valence-corrected chi connectivity index (χ2v) is 10.1. The Morgan fingerprint density at radius 1 is 1.26 bits per heavy atom. The first kappa shape index (κ1) is 18.8. The van der Waals surface area contributed by atoms with Crippen molar-refractivity contribution in [2.24, 2.45) is 0 Å². The van der Waals surface area contributed by atoms with E-state index >= 15 is 0 Å². The summed E-state index contributed by atoms with van der Waals surface area (Å²) in [6, 6.07) is 2.42. The molecule has 27 heavy (non-hydrogen) atoms. The lowest BCUT2D eigenvalue weighted by Crippen LogP contribution is -2.07. The van der Waals surface area contributed by atoms with E-state index < -0.39 is 0 Å². The van der Waals surface area contributed by atoms with Gasteiger partial charge in [-0.2, -0.15) is 5.10 Å². The fourth-order valence-electron chi connectivity index (χ4n) is 3.94. The first-order valence-corrected chi connectivity index (χ1v) is 11.5. The molecule has 0 saturated heterocycles. The zero-order valence-electron chi connectivity index (χ0n) is 16.6. The molecule has 1 aliphatic carbocycles. The molecule has 0 unspecified atom stereocenters. The van der Waals surface area contributed by atoms with Crippen LogP contribution in [0, 0.1) is 6.92 Å². The second-order valence-electron chi connectivity index (χ2n) is 7.66. The highest BCUT2D eigenvalue weighted by Crippen LogP contribution is 2.37. The van der Waals surface area contributed by atoms with E-state index in [0.717, 1.165) is 12.8 Å². The SMILES string of the molecule is CCCc1c(C)cc2c(c1-n1cc(Sc3cnc(C(C)C)s3)cn1)CCC2. The standard InChI is InChI=1S/C22H27N3S2/c1-5-7-18-15(4)10-16-8-6-9-19(16)21(18)25-13-17(11-24-25)26-20-12-23-22(27-20)14(2)3/h10-14H,5-9H2,1-4H3. The molecule has 1 aliphatic rings. The number of hydrogen-bond acceptors (Lipinski definition) is 4. The molecule has 2 aromatic heterocycles. The lowest BCUT2D eigenvalue weighted by atomic mass is 9.95. The summed E-state index contributed by atoms with van der Waals surface area (Å²) in [5, 5.41) is 5.97. The zero-order valence-corrected chi connectivity index (χ0v) is 18.2. The molecule has 0 saturated carbocycles. The number of hydrogen-bond donors (Lipinski definition) is 0. The van der Waals surface area contributed by atoms with Gasteiger partial charge in [0.2, 0.25) is 0 Å². The quantitative estimate of drug-likeness (QED) is 0.485. The first-order valence-electron chi connectivity index (χ1n) is 9.89. The van der Waals surface area contributed by atoms with E-state index in [2.05, 4.69) is 49.6 Å². The summed E-state index contributed by atoms with van der Waals surface area (Å²) in [6.45, 7) is 8.91. The van der Waals surface area contributed by atoms with Crippen LogP contribution in [0.4, 0.5) is 0 Å². The zero-order chi connectivity index (χ0) is 19.0. The summed E-state index contributed by atoms with van der Waals surface area (Å²) in [7, 11) is 0. The van der Waals surface area contributed by atoms with Gasteiger partial charge in [0.25, 0.3) is 0 Å². The largest absolute Gasteiger partial charge is 0.248 e. The van der Waals surface area contributed by atoms with Crippen molar-refractivity contribution in [3.8, 4) is 5.69 Å². The minimum atomic E-state index is 0.485. The summed E-state index contributed by atoms with van der Waals surface area (Å²) in [4.78, 5) is 5.73. The van der Waals surface area contributed by atoms with Crippen LogP contribution in [0.25, 0.3) is 5.69 Å². The number of aromatic nitrogens is 3. The van der Waals surface area contributed by atoms with Crippen LogP contribution >= 0.6 is 23.1 Å². The fourth-order valence-corrected chi connectivity index (χ4v) is 5.89. The molecule has 2 heterocycles. The monoisotopic (exact) mass is 397 g/mol. The molecular formula is C22H27N3S2. The number of benzene rings is 1. The maximum absolute atomic E-state index is 4.77. The molecule has 0 spiro atoms. The van der Waals surface area contributed by atoms with Crippen molar-refractivity contribution in [3.05, 3.63) is 51.9 Å². The van der Waals surface area contributed by atoms with Gasteiger partial charge in [-0.15, -0.1) is 11.3 Å². The molecule has 5 heteroatoms. The van der Waals surface area contributed by atoms with E-state index in [-0.39, 0.29) is 0 Å². The summed E-state index contributed by atoms with van der Waals surface area (Å²) < 4.78 is 3.37. The summed E-state index contributed by atoms with van der Waals surface area (Å²) >= 11 is 3.56. The number of fused-ring (bicyclic) bond motifs is 1. The molecule has 1 aromatic carbocycles. The van der Waals surface area contributed by atoms with E-state index in [1.54, 1.807) is 23.1 Å². The topological polar surface area (TPSA) is 30.7 Å². The van der Waals surface area contributed by atoms with E-state index in [0.29, 0.717) is 5.92 Å². The van der Waals surface area contributed by atoms with Gasteiger partial charge in [-0.05, 0) is 54.9 Å². The highest BCUT2D eigenvalue weighted by Gasteiger charge is 2.21. The Morgan fingerprint density at radius 3 is 2.85 bits per heavy atom. The van der Waals surface area contributed by atoms with Crippen molar-refractivity contribution in [3.63, 3.8) is 0 Å². The van der Waals surface area contributed by atoms with Gasteiger partial charge in [0.15, 0.2) is 0 Å². The van der Waals surface area contributed by atoms with Gasteiger partial charge in [0.05, 0.1) is 32.2 Å². The van der Waals surface area contributed by atoms with Crippen molar-refractivity contribution in [1.29, 1.82) is 0 Å². The van der Waals surface area contributed by atoms with Crippen molar-refractivity contribution in [2.75, 3.05) is 0 Å². The smallest absolute Gasteiger partial charge is 0.0962 e. The Balaban J connectivity index is 1.68. The minimum absolute atomic E-state index is 0.485. The third-order valence-corrected chi connectivity index (χ3v) is 7.55. The molecular weight excluding hydrogens is 370 g/mol. The van der Waals surface area contributed by atoms with E-state index in [9.17, 15) is 0 Å². The van der Waals surface area contributed by atoms with E-state index in [4.69, 9.17) is 5.10 Å². The maximum Gasteiger partial charge on any atom is 0.0962 e. The predicted molar refractivity (Wildman–Crippen MR) is 115 cm³/mol. The second kappa shape index (κ2) is 7.80. The van der Waals surface area contributed by atoms with Crippen LogP contribution in [0.5, 0.6) is 0 Å². The van der Waals surface area contributed by atoms with Crippen LogP contribution in [0.15, 0.2) is 33.8 Å². The average molecular weight is 398 g/mol. The van der Waals surface area contributed by atoms with Crippen LogP contribution in [0.1, 0.15) is 66.8 Å². The highest BCUT2D eigenvalue weighted by molar-refractivity contribution is 8.01. The molecule has 0 atom stereocenters. The molecule has 0 fully saturated rings. The molecule has 142 valence electrons. The number of thiazole rings is 1. The third-order valence-electron chi connectivity index (χ3n) is 5.20. The lowest BCUT2D eigenvalue weighted by molar-refractivity contribution is 0.818. The Kier molecular flexibility index (Phi) is 5.42. The van der Waals surface area contributed by atoms with Gasteiger partial charge in [-0.3, -0.25) is 0 Å². The molecule has 3 aromatic rings. The Morgan fingerprint density at radius 2 is 2.11 bits per heavy atom. The van der Waals surface area contributed by atoms with Crippen LogP contribution in [-0.2, 0) is 19.3 Å². The molecule has 0 bridgehead atoms. The summed E-state index contributed by atoms with van der Waals surface area (Å²) in [5.74, 6) is 0.485. The Bertz CT molecular complexity index is 953. The van der Waals surface area contributed by atoms with Crippen molar-refractivity contribution < 1.29 is 0 Å². The lowest BCUT2D eigenvalue weighted by Gasteiger charge is -2.17. The third kappa shape index (κ3) is 3.72. The number of aryl methyl sites for hydroxylation is 2. The van der Waals surface area contributed by atoms with Gasteiger partial charge in [-0.1, -0.05) is 45.0 Å². The van der Waals surface area contributed by atoms with E-state index in [1.165, 1.54) is 61.3 Å². The minimum Gasteiger partial charge on any atom is -0.248 e. The van der Waals surface area contributed by atoms with Crippen molar-refractivity contribution in [2.45, 2.75) is 74.8 Å². The maximum atomic E-state index is 4.77. The van der Waals surface area contributed by atoms with Gasteiger partial charge in [-0.25, -0.2) is 9.67 Å². The molecule has 4 rings (SSSR count). The van der Waals surface area contributed by atoms with Crippen molar-refractivity contribution >= 4 is 23.1 Å². The predicted octanol–water partition coefficient (Wildman–Crippen LogP) is 6.35. The fraction of sp³-hybridized carbons (Fsp3) is 0.455. The van der Waals surface area contributed by atoms with Crippen LogP contribution in [0.3, 0.4) is 0 Å². The molecule has 0 amide bonds. The van der Waals surface area contributed by atoms with Gasteiger partial charge in [0, 0.05) is 12.1 Å². The van der Waals surface area contributed by atoms with E-state index in [1.807, 2.05) is 12.4 Å². The molecule has 3 nitrogen and oxygen atoms in total. The average Bonchev–Trinajstić information content (AvgIpc) is 3.36. The van der Waals surface area contributed by atoms with Crippen molar-refractivity contribution in [1.82, 2.24) is 14.8 Å². The molecule has 0 radical (unpaired) electrons. The highest BCUT2D eigenvalue weighted by atomic mass is 32.2. The molecule has 0 aliphatic heterocycles. The normalized spacial score (nSPS) is 13.5. The first-order chi connectivity index (χ1) is 13.1. The molecule has 0 N–H and O–H groups in total. The Hall–Kier alpha value is -1.59. The van der Waals surface area contributed by atoms with Gasteiger partial charge < -0.3 is 0 Å². The van der Waals surface area contributed by atoms with Gasteiger partial charge in [0.1, 0.15) is 0 Å². The summed E-state index contributed by atoms with van der Waals surface area (Å²) in [5.41, 5.74) is 7.28. The van der Waals surface area contributed by atoms with Crippen LogP contribution in [-0.4, -0.2) is 14.8 Å². The van der Waals surface area contributed by atoms with Crippen LogP contribution in [0.2, 0.25) is 0 Å².